The van der Waals surface area contributed by atoms with Gasteiger partial charge in [-0.15, -0.1) is 22.7 Å². The fourth-order valence-electron chi connectivity index (χ4n) is 8.60. The van der Waals surface area contributed by atoms with Crippen molar-refractivity contribution < 1.29 is 0 Å². The molecule has 0 spiro atoms. The van der Waals surface area contributed by atoms with E-state index in [1.54, 1.807) is 0 Å². The molecular formula is C51H34N4S2. The molecule has 3 aromatic heterocycles. The van der Waals surface area contributed by atoms with E-state index in [1.165, 1.54) is 61.9 Å². The van der Waals surface area contributed by atoms with Gasteiger partial charge < -0.3 is 0 Å². The molecule has 0 unspecified atom stereocenters. The van der Waals surface area contributed by atoms with E-state index in [0.717, 1.165) is 45.2 Å². The van der Waals surface area contributed by atoms with Gasteiger partial charge in [-0.2, -0.15) is 0 Å². The Morgan fingerprint density at radius 2 is 1.11 bits per heavy atom. The summed E-state index contributed by atoms with van der Waals surface area (Å²) in [6.07, 6.45) is 8.00. The minimum Gasteiger partial charge on any atom is -0.293 e. The third-order valence-corrected chi connectivity index (χ3v) is 13.5. The highest BCUT2D eigenvalue weighted by Gasteiger charge is 2.25. The number of thiophene rings is 2. The Balaban J connectivity index is 1.19. The molecule has 57 heavy (non-hydrogen) atoms. The first kappa shape index (κ1) is 33.5. The van der Waals surface area contributed by atoms with Crippen LogP contribution >= 0.6 is 22.7 Å². The molecule has 0 fully saturated rings. The third-order valence-electron chi connectivity index (χ3n) is 11.1. The smallest absolute Gasteiger partial charge is 0.137 e. The minimum atomic E-state index is 0.756. The van der Waals surface area contributed by atoms with Crippen LogP contribution in [0.5, 0.6) is 0 Å². The molecule has 270 valence electrons. The Morgan fingerprint density at radius 1 is 0.544 bits per heavy atom. The maximum atomic E-state index is 4.96. The number of fused-ring (bicyclic) bond motifs is 6. The second-order valence-corrected chi connectivity index (χ2v) is 16.3. The van der Waals surface area contributed by atoms with Crippen molar-refractivity contribution in [1.29, 1.82) is 0 Å². The van der Waals surface area contributed by atoms with Crippen LogP contribution in [0.2, 0.25) is 0 Å². The number of pyridine rings is 1. The third kappa shape index (κ3) is 5.18. The highest BCUT2D eigenvalue weighted by molar-refractivity contribution is 7.26. The molecule has 11 rings (SSSR count). The van der Waals surface area contributed by atoms with E-state index in [9.17, 15) is 0 Å². The fraction of sp³-hybridized carbons (Fsp3) is 0.0196. The summed E-state index contributed by atoms with van der Waals surface area (Å²) in [5, 5.41) is 12.1. The molecule has 3 heterocycles. The van der Waals surface area contributed by atoms with Crippen molar-refractivity contribution in [3.05, 3.63) is 182 Å². The number of nitrogens with zero attached hydrogens (tertiary/aromatic N) is 4. The van der Waals surface area contributed by atoms with Gasteiger partial charge in [0.25, 0.3) is 0 Å². The Morgan fingerprint density at radius 3 is 1.74 bits per heavy atom. The van der Waals surface area contributed by atoms with E-state index in [2.05, 4.69) is 173 Å². The van der Waals surface area contributed by atoms with Crippen molar-refractivity contribution in [1.82, 2.24) is 4.98 Å². The maximum Gasteiger partial charge on any atom is 0.137 e. The number of rotatable bonds is 8. The Bertz CT molecular complexity index is 3410. The lowest BCUT2D eigenvalue weighted by atomic mass is 9.92. The van der Waals surface area contributed by atoms with Crippen LogP contribution < -0.4 is 9.80 Å². The fourth-order valence-corrected chi connectivity index (χ4v) is 11.0. The Labute approximate surface area is 337 Å². The molecule has 11 aromatic rings. The van der Waals surface area contributed by atoms with Crippen molar-refractivity contribution in [2.24, 2.45) is 4.99 Å². The topological polar surface area (TPSA) is 31.7 Å². The average Bonchev–Trinajstić information content (AvgIpc) is 3.85. The predicted octanol–water partition coefficient (Wildman–Crippen LogP) is 15.4. The van der Waals surface area contributed by atoms with Gasteiger partial charge in [-0.05, 0) is 89.8 Å². The first-order chi connectivity index (χ1) is 28.2. The van der Waals surface area contributed by atoms with Gasteiger partial charge in [0.1, 0.15) is 11.6 Å². The molecule has 8 aromatic carbocycles. The van der Waals surface area contributed by atoms with Gasteiger partial charge in [0.05, 0.1) is 32.1 Å². The molecule has 0 aliphatic rings. The molecule has 6 heteroatoms. The molecule has 0 aliphatic carbocycles. The first-order valence-electron chi connectivity index (χ1n) is 19.0. The number of benzene rings is 8. The van der Waals surface area contributed by atoms with Crippen LogP contribution in [0.15, 0.2) is 187 Å². The number of allylic oxidation sites excluding steroid dienone is 3. The summed E-state index contributed by atoms with van der Waals surface area (Å²) < 4.78 is 4.98. The molecule has 0 atom stereocenters. The van der Waals surface area contributed by atoms with Gasteiger partial charge in [-0.1, -0.05) is 115 Å². The number of aliphatic imine (C=N–C) groups is 1. The van der Waals surface area contributed by atoms with Crippen LogP contribution in [0.4, 0.5) is 28.6 Å². The van der Waals surface area contributed by atoms with E-state index < -0.39 is 0 Å². The summed E-state index contributed by atoms with van der Waals surface area (Å²) >= 11 is 3.66. The highest BCUT2D eigenvalue weighted by Crippen LogP contribution is 2.50. The van der Waals surface area contributed by atoms with Crippen LogP contribution in [0.3, 0.4) is 0 Å². The van der Waals surface area contributed by atoms with E-state index in [0.29, 0.717) is 0 Å². The first-order valence-corrected chi connectivity index (χ1v) is 20.7. The second-order valence-electron chi connectivity index (χ2n) is 14.2. The largest absolute Gasteiger partial charge is 0.293 e. The average molecular weight is 767 g/mol. The number of hydrogen-bond donors (Lipinski definition) is 0. The maximum absolute atomic E-state index is 4.96. The van der Waals surface area contributed by atoms with Crippen LogP contribution in [0, 0.1) is 0 Å². The summed E-state index contributed by atoms with van der Waals surface area (Å²) in [5.74, 6) is 1.63. The summed E-state index contributed by atoms with van der Waals surface area (Å²) in [7, 11) is 0. The zero-order chi connectivity index (χ0) is 38.0. The summed E-state index contributed by atoms with van der Waals surface area (Å²) in [4.78, 5) is 14.3. The molecular weight excluding hydrogens is 733 g/mol. The lowest BCUT2D eigenvalue weighted by Crippen LogP contribution is -2.16. The second kappa shape index (κ2) is 13.4. The predicted molar refractivity (Wildman–Crippen MR) is 249 cm³/mol. The number of aromatic nitrogens is 1. The van der Waals surface area contributed by atoms with E-state index >= 15 is 0 Å². The Kier molecular flexibility index (Phi) is 7.88. The highest BCUT2D eigenvalue weighted by atomic mass is 32.1. The summed E-state index contributed by atoms with van der Waals surface area (Å²) in [6.45, 7) is 6.12. The SMILES string of the molecule is C=N/C(=C\C=C/C)N(c1ccc2ccc3c(N(c4ccccn4)c4cccc5c4sc4ccccc45)ccc4ccc1c2c43)c1cccc2c1sc1ccccc12. The van der Waals surface area contributed by atoms with Crippen molar-refractivity contribution in [2.45, 2.75) is 6.92 Å². The molecule has 0 bridgehead atoms. The van der Waals surface area contributed by atoms with Crippen molar-refractivity contribution >= 4 is 131 Å². The van der Waals surface area contributed by atoms with Gasteiger partial charge >= 0.3 is 0 Å². The van der Waals surface area contributed by atoms with E-state index in [4.69, 9.17) is 4.98 Å². The van der Waals surface area contributed by atoms with Gasteiger partial charge in [0.2, 0.25) is 0 Å². The molecule has 0 N–H and O–H groups in total. The lowest BCUT2D eigenvalue weighted by Gasteiger charge is -2.29. The monoisotopic (exact) mass is 766 g/mol. The molecule has 4 nitrogen and oxygen atoms in total. The minimum absolute atomic E-state index is 0.756. The van der Waals surface area contributed by atoms with Gasteiger partial charge in [0.15, 0.2) is 0 Å². The zero-order valence-electron chi connectivity index (χ0n) is 31.1. The van der Waals surface area contributed by atoms with Crippen molar-refractivity contribution in [3.63, 3.8) is 0 Å². The van der Waals surface area contributed by atoms with Crippen molar-refractivity contribution in [3.8, 4) is 0 Å². The van der Waals surface area contributed by atoms with Gasteiger partial charge in [-0.3, -0.25) is 9.80 Å². The number of anilines is 5. The molecule has 0 radical (unpaired) electrons. The molecule has 0 amide bonds. The molecule has 0 saturated carbocycles. The van der Waals surface area contributed by atoms with E-state index in [-0.39, 0.29) is 0 Å². The van der Waals surface area contributed by atoms with Gasteiger partial charge in [-0.25, -0.2) is 9.98 Å². The van der Waals surface area contributed by atoms with Crippen LogP contribution in [0.25, 0.3) is 72.7 Å². The normalized spacial score (nSPS) is 12.4. The van der Waals surface area contributed by atoms with Crippen LogP contribution in [-0.4, -0.2) is 11.7 Å². The molecule has 0 saturated heterocycles. The number of hydrogen-bond acceptors (Lipinski definition) is 6. The summed E-state index contributed by atoms with van der Waals surface area (Å²) in [6, 6.07) is 54.9. The van der Waals surface area contributed by atoms with E-state index in [1.807, 2.05) is 54.0 Å². The summed E-state index contributed by atoms with van der Waals surface area (Å²) in [5.41, 5.74) is 4.32. The van der Waals surface area contributed by atoms with Crippen molar-refractivity contribution in [2.75, 3.05) is 9.80 Å². The zero-order valence-corrected chi connectivity index (χ0v) is 32.7. The standard InChI is InChI=1S/C51H34N4S2/c1-3-4-21-46(52-2)54(42-17-11-15-36-34-13-5-7-19-44(34)56-50(36)42)40-29-25-32-24-28-39-41(30-26-33-23-27-38(40)48(32)49(33)39)55(47-22-9-10-31-53-47)43-18-12-16-37-35-14-6-8-20-45(35)57-51(37)43/h3-31H,2H2,1H3/b4-3-,46-21+. The van der Waals surface area contributed by atoms with Crippen LogP contribution in [-0.2, 0) is 0 Å². The lowest BCUT2D eigenvalue weighted by molar-refractivity contribution is 1.15. The Hall–Kier alpha value is -6.86. The van der Waals surface area contributed by atoms with Crippen LogP contribution in [0.1, 0.15) is 6.92 Å². The molecule has 0 aliphatic heterocycles. The van der Waals surface area contributed by atoms with Gasteiger partial charge in [0, 0.05) is 47.9 Å². The quantitative estimate of drug-likeness (QED) is 0.0877.